The van der Waals surface area contributed by atoms with Crippen LogP contribution in [0, 0.1) is 9.49 Å². The highest BCUT2D eigenvalue weighted by molar-refractivity contribution is 14.1. The van der Waals surface area contributed by atoms with E-state index in [9.17, 15) is 18.0 Å². The lowest BCUT2D eigenvalue weighted by Crippen LogP contribution is -2.41. The summed E-state index contributed by atoms with van der Waals surface area (Å²) in [5, 5.41) is 2.73. The van der Waals surface area contributed by atoms with E-state index in [-0.39, 0.29) is 24.8 Å². The quantitative estimate of drug-likeness (QED) is 0.747. The number of halogens is 4. The third-order valence-electron chi connectivity index (χ3n) is 3.59. The third kappa shape index (κ3) is 3.86. The Morgan fingerprint density at radius 1 is 1.25 bits per heavy atom. The smallest absolute Gasteiger partial charge is 0.349 e. The maximum atomic E-state index is 12.7. The molecule has 2 rings (SSSR count). The third-order valence-corrected chi connectivity index (χ3v) is 4.53. The van der Waals surface area contributed by atoms with Gasteiger partial charge < -0.3 is 5.32 Å². The molecule has 0 aromatic heterocycles. The fraction of sp³-hybridized carbons (Fsp3) is 0.500. The number of nitrogens with one attached hydrogen (secondary N) is 1. The van der Waals surface area contributed by atoms with Crippen LogP contribution >= 0.6 is 22.6 Å². The number of rotatable bonds is 2. The van der Waals surface area contributed by atoms with Crippen LogP contribution in [0.15, 0.2) is 24.3 Å². The maximum absolute atomic E-state index is 12.7. The molecule has 110 valence electrons. The first kappa shape index (κ1) is 15.6. The van der Waals surface area contributed by atoms with Crippen LogP contribution in [0.5, 0.6) is 0 Å². The van der Waals surface area contributed by atoms with Gasteiger partial charge in [0.15, 0.2) is 0 Å². The zero-order valence-corrected chi connectivity index (χ0v) is 12.9. The van der Waals surface area contributed by atoms with E-state index < -0.39 is 12.1 Å². The van der Waals surface area contributed by atoms with Crippen molar-refractivity contribution in [2.24, 2.45) is 5.92 Å². The van der Waals surface area contributed by atoms with E-state index in [0.717, 1.165) is 3.57 Å². The molecule has 0 spiro atoms. The topological polar surface area (TPSA) is 29.1 Å². The van der Waals surface area contributed by atoms with Gasteiger partial charge in [-0.05, 0) is 54.0 Å². The van der Waals surface area contributed by atoms with Crippen LogP contribution in [0.2, 0.25) is 0 Å². The first-order valence-electron chi connectivity index (χ1n) is 6.50. The number of amides is 1. The molecule has 1 fully saturated rings. The maximum Gasteiger partial charge on any atom is 0.391 e. The first-order chi connectivity index (χ1) is 9.38. The molecule has 6 heteroatoms. The molecule has 2 nitrogen and oxygen atoms in total. The molecule has 2 atom stereocenters. The van der Waals surface area contributed by atoms with Gasteiger partial charge in [0.05, 0.1) is 11.5 Å². The van der Waals surface area contributed by atoms with E-state index >= 15 is 0 Å². The van der Waals surface area contributed by atoms with Crippen LogP contribution in [0.25, 0.3) is 0 Å². The summed E-state index contributed by atoms with van der Waals surface area (Å²) >= 11 is 2.05. The zero-order chi connectivity index (χ0) is 14.8. The van der Waals surface area contributed by atoms with Crippen molar-refractivity contribution in [3.8, 4) is 0 Å². The lowest BCUT2D eigenvalue weighted by atomic mass is 9.85. The molecule has 0 heterocycles. The van der Waals surface area contributed by atoms with Crippen LogP contribution in [-0.2, 0) is 0 Å². The fourth-order valence-electron chi connectivity index (χ4n) is 2.53. The molecule has 0 bridgehead atoms. The van der Waals surface area contributed by atoms with Crippen LogP contribution in [0.1, 0.15) is 36.0 Å². The van der Waals surface area contributed by atoms with Gasteiger partial charge in [-0.1, -0.05) is 18.6 Å². The second-order valence-electron chi connectivity index (χ2n) is 5.06. The summed E-state index contributed by atoms with van der Waals surface area (Å²) in [5.74, 6) is -1.58. The molecular weight excluding hydrogens is 382 g/mol. The van der Waals surface area contributed by atoms with E-state index in [0.29, 0.717) is 18.4 Å². The van der Waals surface area contributed by atoms with Crippen molar-refractivity contribution in [1.82, 2.24) is 5.32 Å². The Kier molecular flexibility index (Phi) is 4.93. The molecule has 0 unspecified atom stereocenters. The molecule has 1 amide bonds. The van der Waals surface area contributed by atoms with Crippen molar-refractivity contribution < 1.29 is 18.0 Å². The van der Waals surface area contributed by atoms with Gasteiger partial charge >= 0.3 is 6.18 Å². The van der Waals surface area contributed by atoms with E-state index in [4.69, 9.17) is 0 Å². The molecule has 0 radical (unpaired) electrons. The Bertz CT molecular complexity index is 490. The minimum Gasteiger partial charge on any atom is -0.349 e. The van der Waals surface area contributed by atoms with E-state index in [2.05, 4.69) is 5.32 Å². The highest BCUT2D eigenvalue weighted by atomic mass is 127. The molecule has 20 heavy (non-hydrogen) atoms. The summed E-state index contributed by atoms with van der Waals surface area (Å²) in [6.45, 7) is 0. The monoisotopic (exact) mass is 397 g/mol. The molecule has 0 aliphatic heterocycles. The Labute approximate surface area is 129 Å². The Hall–Kier alpha value is -0.790. The summed E-state index contributed by atoms with van der Waals surface area (Å²) in [5.41, 5.74) is 0.516. The predicted octanol–water partition coefficient (Wildman–Crippen LogP) is 4.14. The predicted molar refractivity (Wildman–Crippen MR) is 78.4 cm³/mol. The number of hydrogen-bond acceptors (Lipinski definition) is 1. The van der Waals surface area contributed by atoms with Gasteiger partial charge in [-0.15, -0.1) is 0 Å². The second-order valence-corrected chi connectivity index (χ2v) is 6.22. The number of carbonyl (C=O) groups excluding carboxylic acids is 1. The van der Waals surface area contributed by atoms with Crippen LogP contribution in [0.4, 0.5) is 13.2 Å². The molecular formula is C14H15F3INO. The number of carbonyl (C=O) groups is 1. The standard InChI is InChI=1S/C14H15F3INO/c15-14(16,17)9-4-3-5-10(8-9)19-13(20)11-6-1-2-7-12(11)18/h1-2,6-7,9-10H,3-5,8H2,(H,19,20)/t9-,10-/m1/s1. The SMILES string of the molecule is O=C(N[C@@H]1CCC[C@@H](C(F)(F)F)C1)c1ccccc1I. The highest BCUT2D eigenvalue weighted by Crippen LogP contribution is 2.37. The van der Waals surface area contributed by atoms with Crippen molar-refractivity contribution >= 4 is 28.5 Å². The molecule has 1 N–H and O–H groups in total. The fourth-order valence-corrected chi connectivity index (χ4v) is 3.16. The molecule has 1 aliphatic rings. The van der Waals surface area contributed by atoms with Gasteiger partial charge in [-0.25, -0.2) is 0 Å². The van der Waals surface area contributed by atoms with Gasteiger partial charge in [0, 0.05) is 9.61 Å². The lowest BCUT2D eigenvalue weighted by Gasteiger charge is -2.31. The average molecular weight is 397 g/mol. The summed E-state index contributed by atoms with van der Waals surface area (Å²) in [7, 11) is 0. The van der Waals surface area contributed by atoms with Crippen molar-refractivity contribution in [3.05, 3.63) is 33.4 Å². The van der Waals surface area contributed by atoms with Gasteiger partial charge in [0.25, 0.3) is 5.91 Å². The Balaban J connectivity index is 2.00. The summed E-state index contributed by atoms with van der Waals surface area (Å²) < 4.78 is 39.0. The Morgan fingerprint density at radius 2 is 1.95 bits per heavy atom. The summed E-state index contributed by atoms with van der Waals surface area (Å²) in [6.07, 6.45) is -2.90. The number of hydrogen-bond donors (Lipinski definition) is 1. The number of alkyl halides is 3. The van der Waals surface area contributed by atoms with Gasteiger partial charge in [0.1, 0.15) is 0 Å². The Morgan fingerprint density at radius 3 is 2.60 bits per heavy atom. The molecule has 1 aliphatic carbocycles. The molecule has 1 saturated carbocycles. The van der Waals surface area contributed by atoms with Crippen molar-refractivity contribution in [3.63, 3.8) is 0 Å². The first-order valence-corrected chi connectivity index (χ1v) is 7.58. The van der Waals surface area contributed by atoms with E-state index in [1.165, 1.54) is 0 Å². The minimum atomic E-state index is -4.16. The normalized spacial score (nSPS) is 23.4. The summed E-state index contributed by atoms with van der Waals surface area (Å²) in [6, 6.07) is 6.66. The van der Waals surface area contributed by atoms with Crippen molar-refractivity contribution in [2.75, 3.05) is 0 Å². The van der Waals surface area contributed by atoms with Crippen LogP contribution < -0.4 is 5.32 Å². The summed E-state index contributed by atoms with van der Waals surface area (Å²) in [4.78, 5) is 12.1. The van der Waals surface area contributed by atoms with Crippen molar-refractivity contribution in [2.45, 2.75) is 37.9 Å². The molecule has 1 aromatic carbocycles. The molecule has 0 saturated heterocycles. The largest absolute Gasteiger partial charge is 0.391 e. The van der Waals surface area contributed by atoms with Crippen molar-refractivity contribution in [1.29, 1.82) is 0 Å². The van der Waals surface area contributed by atoms with Gasteiger partial charge in [-0.3, -0.25) is 4.79 Å². The molecule has 1 aromatic rings. The highest BCUT2D eigenvalue weighted by Gasteiger charge is 2.42. The van der Waals surface area contributed by atoms with E-state index in [1.54, 1.807) is 18.2 Å². The number of benzene rings is 1. The van der Waals surface area contributed by atoms with E-state index in [1.807, 2.05) is 28.7 Å². The average Bonchev–Trinajstić information content (AvgIpc) is 2.38. The second kappa shape index (κ2) is 6.32. The zero-order valence-electron chi connectivity index (χ0n) is 10.7. The van der Waals surface area contributed by atoms with Gasteiger partial charge in [-0.2, -0.15) is 13.2 Å². The lowest BCUT2D eigenvalue weighted by molar-refractivity contribution is -0.183. The van der Waals surface area contributed by atoms with Crippen LogP contribution in [0.3, 0.4) is 0 Å². The van der Waals surface area contributed by atoms with Gasteiger partial charge in [0.2, 0.25) is 0 Å². The minimum absolute atomic E-state index is 0.0152. The van der Waals surface area contributed by atoms with Crippen LogP contribution in [-0.4, -0.2) is 18.1 Å².